The molecule has 0 aliphatic carbocycles. The number of carbonyl (C=O) groups excluding carboxylic acids is 1. The molecule has 4 rings (SSSR count). The number of anilines is 1. The molecule has 0 unspecified atom stereocenters. The number of aromatic nitrogens is 2. The van der Waals surface area contributed by atoms with Crippen molar-refractivity contribution < 1.29 is 9.72 Å². The van der Waals surface area contributed by atoms with Gasteiger partial charge in [0.25, 0.3) is 5.91 Å². The molecule has 0 fully saturated rings. The van der Waals surface area contributed by atoms with Crippen molar-refractivity contribution in [2.45, 2.75) is 19.4 Å². The number of halogens is 1. The van der Waals surface area contributed by atoms with E-state index >= 15 is 0 Å². The molecule has 2 heterocycles. The number of aryl methyl sites for hydroxylation is 1. The number of para-hydroxylation sites is 1. The van der Waals surface area contributed by atoms with Crippen LogP contribution in [0.1, 0.15) is 27.9 Å². The van der Waals surface area contributed by atoms with E-state index in [4.69, 9.17) is 0 Å². The summed E-state index contributed by atoms with van der Waals surface area (Å²) in [5, 5.41) is 14.9. The van der Waals surface area contributed by atoms with Gasteiger partial charge < -0.3 is 15.0 Å². The van der Waals surface area contributed by atoms with Crippen molar-refractivity contribution in [1.82, 2.24) is 9.78 Å². The van der Waals surface area contributed by atoms with E-state index in [2.05, 4.69) is 27.1 Å². The van der Waals surface area contributed by atoms with E-state index in [-0.39, 0.29) is 11.7 Å². The van der Waals surface area contributed by atoms with Gasteiger partial charge in [0.2, 0.25) is 0 Å². The second-order valence-electron chi connectivity index (χ2n) is 6.64. The van der Waals surface area contributed by atoms with Crippen LogP contribution in [-0.4, -0.2) is 27.2 Å². The van der Waals surface area contributed by atoms with Gasteiger partial charge in [0.1, 0.15) is 4.47 Å². The number of fused-ring (bicyclic) bond motifs is 1. The fourth-order valence-corrected chi connectivity index (χ4v) is 3.89. The number of nitrogens with zero attached hydrogens (tertiary/aromatic N) is 4. The van der Waals surface area contributed by atoms with E-state index in [9.17, 15) is 14.9 Å². The molecule has 0 bridgehead atoms. The summed E-state index contributed by atoms with van der Waals surface area (Å²) in [6, 6.07) is 15.3. The molecule has 0 saturated heterocycles. The Morgan fingerprint density at radius 2 is 1.93 bits per heavy atom. The third-order valence-electron chi connectivity index (χ3n) is 4.77. The van der Waals surface area contributed by atoms with Crippen molar-refractivity contribution in [1.29, 1.82) is 0 Å². The lowest BCUT2D eigenvalue weighted by atomic mass is 10.0. The minimum Gasteiger partial charge on any atom is -0.358 e. The largest absolute Gasteiger partial charge is 0.404 e. The number of carbonyl (C=O) groups is 1. The Hall–Kier alpha value is -3.00. The highest BCUT2D eigenvalue weighted by molar-refractivity contribution is 9.10. The molecule has 0 radical (unpaired) electrons. The molecule has 0 N–H and O–H groups in total. The quantitative estimate of drug-likeness (QED) is 0.449. The normalized spacial score (nSPS) is 13.2. The van der Waals surface area contributed by atoms with Gasteiger partial charge in [-0.2, -0.15) is 4.68 Å². The SMILES string of the molecule is O=C(c1ccc(Cn2cc(Br)c([N+](=O)[O-])n2)cc1)N1CCCc2ccccc21. The average molecular weight is 441 g/mol. The summed E-state index contributed by atoms with van der Waals surface area (Å²) in [4.78, 5) is 25.2. The molecular formula is C20H17BrN4O3. The number of hydrogen-bond acceptors (Lipinski definition) is 4. The predicted molar refractivity (Wildman–Crippen MR) is 109 cm³/mol. The van der Waals surface area contributed by atoms with Crippen LogP contribution >= 0.6 is 15.9 Å². The zero-order valence-corrected chi connectivity index (χ0v) is 16.5. The molecule has 2 aromatic carbocycles. The highest BCUT2D eigenvalue weighted by Gasteiger charge is 2.23. The summed E-state index contributed by atoms with van der Waals surface area (Å²) in [7, 11) is 0. The van der Waals surface area contributed by atoms with E-state index in [0.717, 1.165) is 24.1 Å². The summed E-state index contributed by atoms with van der Waals surface area (Å²) in [5.74, 6) is -0.230. The first kappa shape index (κ1) is 18.4. The molecule has 142 valence electrons. The van der Waals surface area contributed by atoms with Gasteiger partial charge in [0, 0.05) is 17.8 Å². The second-order valence-corrected chi connectivity index (χ2v) is 7.50. The number of rotatable bonds is 4. The number of nitro groups is 1. The van der Waals surface area contributed by atoms with Crippen molar-refractivity contribution in [2.75, 3.05) is 11.4 Å². The maximum Gasteiger partial charge on any atom is 0.404 e. The molecule has 28 heavy (non-hydrogen) atoms. The lowest BCUT2D eigenvalue weighted by molar-refractivity contribution is -0.390. The molecule has 3 aromatic rings. The molecule has 1 aliphatic rings. The molecule has 1 aliphatic heterocycles. The van der Waals surface area contributed by atoms with Crippen molar-refractivity contribution in [3.8, 4) is 0 Å². The van der Waals surface area contributed by atoms with Crippen LogP contribution < -0.4 is 4.90 Å². The van der Waals surface area contributed by atoms with Gasteiger partial charge >= 0.3 is 5.82 Å². The molecule has 7 nitrogen and oxygen atoms in total. The van der Waals surface area contributed by atoms with E-state index in [0.29, 0.717) is 23.1 Å². The smallest absolute Gasteiger partial charge is 0.358 e. The maximum absolute atomic E-state index is 13.0. The molecule has 0 saturated carbocycles. The van der Waals surface area contributed by atoms with Crippen molar-refractivity contribution >= 4 is 33.3 Å². The van der Waals surface area contributed by atoms with Gasteiger partial charge in [-0.3, -0.25) is 4.79 Å². The average Bonchev–Trinajstić information content (AvgIpc) is 3.08. The van der Waals surface area contributed by atoms with Gasteiger partial charge in [-0.15, -0.1) is 0 Å². The summed E-state index contributed by atoms with van der Waals surface area (Å²) in [5.41, 5.74) is 3.70. The second kappa shape index (κ2) is 7.55. The Morgan fingerprint density at radius 1 is 1.18 bits per heavy atom. The number of hydrogen-bond donors (Lipinski definition) is 0. The predicted octanol–water partition coefficient (Wildman–Crippen LogP) is 4.20. The highest BCUT2D eigenvalue weighted by Crippen LogP contribution is 2.28. The molecular weight excluding hydrogens is 424 g/mol. The first-order valence-electron chi connectivity index (χ1n) is 8.89. The molecule has 1 aromatic heterocycles. The van der Waals surface area contributed by atoms with Crippen LogP contribution in [0.3, 0.4) is 0 Å². The molecule has 8 heteroatoms. The Kier molecular flexibility index (Phi) is 4.95. The van der Waals surface area contributed by atoms with Crippen LogP contribution in [0, 0.1) is 10.1 Å². The molecule has 1 amide bonds. The highest BCUT2D eigenvalue weighted by atomic mass is 79.9. The van der Waals surface area contributed by atoms with Crippen LogP contribution in [-0.2, 0) is 13.0 Å². The van der Waals surface area contributed by atoms with Crippen LogP contribution in [0.15, 0.2) is 59.2 Å². The zero-order chi connectivity index (χ0) is 19.7. The van der Waals surface area contributed by atoms with Gasteiger partial charge in [-0.05, 0) is 63.0 Å². The molecule has 0 spiro atoms. The lowest BCUT2D eigenvalue weighted by Crippen LogP contribution is -2.35. The fraction of sp³-hybridized carbons (Fsp3) is 0.200. The summed E-state index contributed by atoms with van der Waals surface area (Å²) >= 11 is 3.14. The van der Waals surface area contributed by atoms with Gasteiger partial charge in [0.05, 0.1) is 17.8 Å². The van der Waals surface area contributed by atoms with Crippen LogP contribution in [0.25, 0.3) is 0 Å². The summed E-state index contributed by atoms with van der Waals surface area (Å²) in [6.07, 6.45) is 3.51. The van der Waals surface area contributed by atoms with Crippen LogP contribution in [0.5, 0.6) is 0 Å². The lowest BCUT2D eigenvalue weighted by Gasteiger charge is -2.29. The van der Waals surface area contributed by atoms with E-state index in [1.165, 1.54) is 10.2 Å². The van der Waals surface area contributed by atoms with Crippen molar-refractivity contribution in [2.24, 2.45) is 0 Å². The van der Waals surface area contributed by atoms with Gasteiger partial charge in [0.15, 0.2) is 0 Å². The minimum atomic E-state index is -0.529. The Morgan fingerprint density at radius 3 is 2.64 bits per heavy atom. The standard InChI is InChI=1S/C20H17BrN4O3/c21-17-13-23(22-19(17)25(27)28)12-14-7-9-16(10-8-14)20(26)24-11-3-5-15-4-1-2-6-18(15)24/h1-2,4,6-10,13H,3,5,11-12H2. The van der Waals surface area contributed by atoms with Crippen LogP contribution in [0.4, 0.5) is 11.5 Å². The van der Waals surface area contributed by atoms with E-state index < -0.39 is 4.92 Å². The monoisotopic (exact) mass is 440 g/mol. The summed E-state index contributed by atoms with van der Waals surface area (Å²) < 4.78 is 1.84. The Labute approximate surface area is 169 Å². The zero-order valence-electron chi connectivity index (χ0n) is 14.9. The van der Waals surface area contributed by atoms with E-state index in [1.54, 1.807) is 18.3 Å². The first-order valence-corrected chi connectivity index (χ1v) is 9.68. The van der Waals surface area contributed by atoms with Gasteiger partial charge in [-0.1, -0.05) is 30.3 Å². The van der Waals surface area contributed by atoms with Gasteiger partial charge in [-0.25, -0.2) is 0 Å². The third kappa shape index (κ3) is 3.55. The number of amides is 1. The minimum absolute atomic E-state index is 0.0174. The Bertz CT molecular complexity index is 1050. The van der Waals surface area contributed by atoms with Crippen molar-refractivity contribution in [3.05, 3.63) is 86.0 Å². The fourth-order valence-electron chi connectivity index (χ4n) is 3.43. The maximum atomic E-state index is 13.0. The Balaban J connectivity index is 1.51. The topological polar surface area (TPSA) is 81.3 Å². The first-order chi connectivity index (χ1) is 13.5. The van der Waals surface area contributed by atoms with E-state index in [1.807, 2.05) is 35.2 Å². The van der Waals surface area contributed by atoms with Crippen LogP contribution in [0.2, 0.25) is 0 Å². The third-order valence-corrected chi connectivity index (χ3v) is 5.33. The summed E-state index contributed by atoms with van der Waals surface area (Å²) in [6.45, 7) is 1.09. The van der Waals surface area contributed by atoms with Crippen molar-refractivity contribution in [3.63, 3.8) is 0 Å². The number of benzene rings is 2. The molecule has 0 atom stereocenters.